The van der Waals surface area contributed by atoms with Crippen molar-refractivity contribution >= 4 is 29.3 Å². The summed E-state index contributed by atoms with van der Waals surface area (Å²) in [7, 11) is 0. The molecule has 1 aromatic carbocycles. The fourth-order valence-electron chi connectivity index (χ4n) is 2.03. The Hall–Kier alpha value is -3.38. The first-order valence-electron chi connectivity index (χ1n) is 7.81. The van der Waals surface area contributed by atoms with Gasteiger partial charge in [0.2, 0.25) is 5.91 Å². The average molecular weight is 359 g/mol. The molecule has 0 aliphatic heterocycles. The Balaban J connectivity index is 3.24. The minimum atomic E-state index is -0.879. The third kappa shape index (κ3) is 5.32. The summed E-state index contributed by atoms with van der Waals surface area (Å²) in [6.07, 6.45) is 0.279. The van der Waals surface area contributed by atoms with Crippen molar-refractivity contribution in [1.82, 2.24) is 4.90 Å². The van der Waals surface area contributed by atoms with E-state index in [0.29, 0.717) is 5.69 Å². The number of hydrogen-bond donors (Lipinski definition) is 2. The van der Waals surface area contributed by atoms with Crippen LogP contribution in [0.2, 0.25) is 0 Å². The highest BCUT2D eigenvalue weighted by atomic mass is 16.6. The van der Waals surface area contributed by atoms with Gasteiger partial charge >= 0.3 is 6.09 Å². The normalized spacial score (nSPS) is 10.6. The number of carbonyl (C=O) groups excluding carboxylic acids is 3. The summed E-state index contributed by atoms with van der Waals surface area (Å²) in [6.45, 7) is 3.06. The molecule has 0 bridgehead atoms. The van der Waals surface area contributed by atoms with Gasteiger partial charge in [0.05, 0.1) is 12.3 Å². The second-order valence-electron chi connectivity index (χ2n) is 5.09. The first-order valence-corrected chi connectivity index (χ1v) is 7.81. The maximum absolute atomic E-state index is 12.7. The number of benzene rings is 1. The van der Waals surface area contributed by atoms with Gasteiger partial charge in [-0.1, -0.05) is 0 Å². The van der Waals surface area contributed by atoms with E-state index in [9.17, 15) is 19.6 Å². The van der Waals surface area contributed by atoms with Crippen LogP contribution in [-0.2, 0) is 14.3 Å². The fourth-order valence-corrected chi connectivity index (χ4v) is 2.03. The van der Waals surface area contributed by atoms with E-state index in [0.717, 1.165) is 16.0 Å². The lowest BCUT2D eigenvalue weighted by atomic mass is 10.2. The van der Waals surface area contributed by atoms with Crippen LogP contribution in [0.5, 0.6) is 0 Å². The Morgan fingerprint density at radius 2 is 1.88 bits per heavy atom. The van der Waals surface area contributed by atoms with E-state index >= 15 is 0 Å². The molecule has 4 N–H and O–H groups in total. The number of nitriles is 1. The van der Waals surface area contributed by atoms with Crippen molar-refractivity contribution in [3.63, 3.8) is 0 Å². The molecule has 26 heavy (non-hydrogen) atoms. The van der Waals surface area contributed by atoms with Crippen LogP contribution in [0.1, 0.15) is 13.8 Å². The number of amides is 3. The van der Waals surface area contributed by atoms with Crippen LogP contribution in [0.3, 0.4) is 0 Å². The Morgan fingerprint density at radius 3 is 2.35 bits per heavy atom. The van der Waals surface area contributed by atoms with Crippen molar-refractivity contribution in [3.8, 4) is 6.07 Å². The summed E-state index contributed by atoms with van der Waals surface area (Å²) in [6, 6.07) is 7.71. The van der Waals surface area contributed by atoms with E-state index in [1.165, 1.54) is 31.2 Å². The zero-order valence-corrected chi connectivity index (χ0v) is 14.6. The monoisotopic (exact) mass is 359 g/mol. The Morgan fingerprint density at radius 1 is 1.27 bits per heavy atom. The molecular weight excluding hydrogens is 338 g/mol. The molecule has 0 saturated carbocycles. The number of nitrogen functional groups attached to an aromatic ring is 1. The first-order chi connectivity index (χ1) is 12.3. The Labute approximate surface area is 151 Å². The van der Waals surface area contributed by atoms with Gasteiger partial charge in [0.1, 0.15) is 11.6 Å². The van der Waals surface area contributed by atoms with Crippen LogP contribution in [0.25, 0.3) is 0 Å². The van der Waals surface area contributed by atoms with E-state index in [1.54, 1.807) is 13.0 Å². The zero-order chi connectivity index (χ0) is 19.7. The van der Waals surface area contributed by atoms with Crippen LogP contribution in [0.15, 0.2) is 36.0 Å². The molecule has 0 fully saturated rings. The number of ether oxygens (including phenoxy) is 1. The lowest BCUT2D eigenvalue weighted by Crippen LogP contribution is -2.38. The van der Waals surface area contributed by atoms with Crippen LogP contribution in [0, 0.1) is 11.3 Å². The second-order valence-corrected chi connectivity index (χ2v) is 5.09. The summed E-state index contributed by atoms with van der Waals surface area (Å²) < 4.78 is 4.86. The minimum absolute atomic E-state index is 0.0409. The van der Waals surface area contributed by atoms with Gasteiger partial charge in [0.15, 0.2) is 0 Å². The quantitative estimate of drug-likeness (QED) is 0.437. The smallest absolute Gasteiger partial charge is 0.413 e. The lowest BCUT2D eigenvalue weighted by Gasteiger charge is -2.21. The number of anilines is 2. The van der Waals surface area contributed by atoms with Crippen molar-refractivity contribution in [3.05, 3.63) is 36.0 Å². The van der Waals surface area contributed by atoms with Crippen LogP contribution >= 0.6 is 0 Å². The average Bonchev–Trinajstić information content (AvgIpc) is 2.60. The lowest BCUT2D eigenvalue weighted by molar-refractivity contribution is -0.123. The van der Waals surface area contributed by atoms with E-state index in [2.05, 4.69) is 0 Å². The SMILES string of the molecule is CCOC(=O)N(/C=C(/C#N)C(=O)N(C(C)=O)c1ccc(N)cc1)CCN. The molecule has 0 aliphatic carbocycles. The number of rotatable bonds is 6. The topological polar surface area (TPSA) is 143 Å². The number of nitrogens with zero attached hydrogens (tertiary/aromatic N) is 3. The summed E-state index contributed by atoms with van der Waals surface area (Å²) in [4.78, 5) is 38.4. The van der Waals surface area contributed by atoms with E-state index in [1.807, 2.05) is 0 Å². The van der Waals surface area contributed by atoms with Gasteiger partial charge in [-0.2, -0.15) is 5.26 Å². The van der Waals surface area contributed by atoms with Crippen LogP contribution < -0.4 is 16.4 Å². The highest BCUT2D eigenvalue weighted by molar-refractivity contribution is 6.21. The molecule has 0 aromatic heterocycles. The van der Waals surface area contributed by atoms with Crippen molar-refractivity contribution in [2.45, 2.75) is 13.8 Å². The van der Waals surface area contributed by atoms with Gasteiger partial charge in [-0.15, -0.1) is 0 Å². The molecule has 0 unspecified atom stereocenters. The molecule has 0 heterocycles. The molecule has 0 atom stereocenters. The van der Waals surface area contributed by atoms with Crippen molar-refractivity contribution < 1.29 is 19.1 Å². The predicted octanol–water partition coefficient (Wildman–Crippen LogP) is 0.973. The molecular formula is C17H21N5O4. The van der Waals surface area contributed by atoms with Crippen molar-refractivity contribution in [2.75, 3.05) is 30.3 Å². The van der Waals surface area contributed by atoms with Crippen LogP contribution in [-0.4, -0.2) is 42.5 Å². The Kier molecular flexibility index (Phi) is 7.79. The molecule has 9 heteroatoms. The highest BCUT2D eigenvalue weighted by Gasteiger charge is 2.25. The van der Waals surface area contributed by atoms with Crippen molar-refractivity contribution in [2.24, 2.45) is 5.73 Å². The molecule has 138 valence electrons. The number of nitrogens with two attached hydrogens (primary N) is 2. The van der Waals surface area contributed by atoms with E-state index < -0.39 is 23.5 Å². The van der Waals surface area contributed by atoms with Gasteiger partial charge in [-0.25, -0.2) is 9.69 Å². The standard InChI is InChI=1S/C17H21N5O4/c1-3-26-17(25)21(9-8-18)11-13(10-19)16(24)22(12(2)23)15-6-4-14(20)5-7-15/h4-7,11H,3,8-9,18,20H2,1-2H3/b13-11-. The molecule has 0 radical (unpaired) electrons. The van der Waals surface area contributed by atoms with Gasteiger partial charge in [-0.3, -0.25) is 14.5 Å². The van der Waals surface area contributed by atoms with E-state index in [4.69, 9.17) is 16.2 Å². The minimum Gasteiger partial charge on any atom is -0.449 e. The summed E-state index contributed by atoms with van der Waals surface area (Å²) in [5.74, 6) is -1.47. The van der Waals surface area contributed by atoms with Crippen LogP contribution in [0.4, 0.5) is 16.2 Å². The summed E-state index contributed by atoms with van der Waals surface area (Å²) >= 11 is 0. The van der Waals surface area contributed by atoms with Gasteiger partial charge in [-0.05, 0) is 31.2 Å². The van der Waals surface area contributed by atoms with Gasteiger partial charge in [0, 0.05) is 31.9 Å². The second kappa shape index (κ2) is 9.80. The maximum atomic E-state index is 12.7. The molecule has 9 nitrogen and oxygen atoms in total. The molecule has 0 aliphatic rings. The first kappa shape index (κ1) is 20.7. The molecule has 3 amide bonds. The number of imide groups is 1. The third-order valence-corrected chi connectivity index (χ3v) is 3.18. The molecule has 1 aromatic rings. The number of carbonyl (C=O) groups is 3. The molecule has 0 spiro atoms. The highest BCUT2D eigenvalue weighted by Crippen LogP contribution is 2.19. The number of hydrogen-bond acceptors (Lipinski definition) is 7. The molecule has 1 rings (SSSR count). The largest absolute Gasteiger partial charge is 0.449 e. The fraction of sp³-hybridized carbons (Fsp3) is 0.294. The third-order valence-electron chi connectivity index (χ3n) is 3.18. The van der Waals surface area contributed by atoms with Crippen molar-refractivity contribution in [1.29, 1.82) is 5.26 Å². The summed E-state index contributed by atoms with van der Waals surface area (Å²) in [5, 5.41) is 9.34. The van der Waals surface area contributed by atoms with Gasteiger partial charge < -0.3 is 16.2 Å². The Bertz CT molecular complexity index is 737. The zero-order valence-electron chi connectivity index (χ0n) is 14.6. The summed E-state index contributed by atoms with van der Waals surface area (Å²) in [5.41, 5.74) is 11.3. The maximum Gasteiger partial charge on any atom is 0.413 e. The van der Waals surface area contributed by atoms with Gasteiger partial charge in [0.25, 0.3) is 5.91 Å². The predicted molar refractivity (Wildman–Crippen MR) is 95.5 cm³/mol. The van der Waals surface area contributed by atoms with E-state index in [-0.39, 0.29) is 25.4 Å². The molecule has 0 saturated heterocycles.